The Morgan fingerprint density at radius 1 is 1.30 bits per heavy atom. The van der Waals surface area contributed by atoms with E-state index in [-0.39, 0.29) is 16.6 Å². The van der Waals surface area contributed by atoms with Crippen molar-refractivity contribution < 1.29 is 13.2 Å². The van der Waals surface area contributed by atoms with Gasteiger partial charge in [-0.25, -0.2) is 8.42 Å². The summed E-state index contributed by atoms with van der Waals surface area (Å²) in [4.78, 5) is 12.5. The summed E-state index contributed by atoms with van der Waals surface area (Å²) in [5.41, 5.74) is 0. The summed E-state index contributed by atoms with van der Waals surface area (Å²) in [6, 6.07) is 7.86. The fourth-order valence-electron chi connectivity index (χ4n) is 2.62. The Morgan fingerprint density at radius 2 is 1.95 bits per heavy atom. The van der Waals surface area contributed by atoms with E-state index in [1.165, 1.54) is 4.31 Å². The highest BCUT2D eigenvalue weighted by atomic mass is 32.2. The number of hydrogen-bond acceptors (Lipinski definition) is 3. The van der Waals surface area contributed by atoms with Gasteiger partial charge in [0.2, 0.25) is 10.0 Å². The first-order valence-electron chi connectivity index (χ1n) is 7.02. The van der Waals surface area contributed by atoms with Gasteiger partial charge in [0.05, 0.1) is 10.9 Å². The molecule has 1 aliphatic heterocycles. The summed E-state index contributed by atoms with van der Waals surface area (Å²) in [5, 5.41) is 0. The Bertz CT molecular complexity index is 566. The van der Waals surface area contributed by atoms with E-state index in [0.29, 0.717) is 19.4 Å². The average Bonchev–Trinajstić information content (AvgIpc) is 2.89. The molecular formula is C15H21NO3S. The van der Waals surface area contributed by atoms with Crippen molar-refractivity contribution in [3.05, 3.63) is 30.3 Å². The molecule has 1 atom stereocenters. The molecule has 1 fully saturated rings. The molecule has 0 N–H and O–H groups in total. The molecule has 2 rings (SSSR count). The second-order valence-electron chi connectivity index (χ2n) is 5.65. The van der Waals surface area contributed by atoms with Crippen molar-refractivity contribution in [2.75, 3.05) is 6.54 Å². The smallest absolute Gasteiger partial charge is 0.243 e. The Labute approximate surface area is 120 Å². The Hall–Kier alpha value is -1.20. The second kappa shape index (κ2) is 6.06. The van der Waals surface area contributed by atoms with E-state index in [4.69, 9.17) is 0 Å². The number of rotatable bonds is 5. The van der Waals surface area contributed by atoms with Gasteiger partial charge in [0, 0.05) is 13.0 Å². The summed E-state index contributed by atoms with van der Waals surface area (Å²) in [6.45, 7) is 4.39. The molecule has 1 unspecified atom stereocenters. The van der Waals surface area contributed by atoms with Crippen molar-refractivity contribution in [1.82, 2.24) is 4.31 Å². The molecule has 0 bridgehead atoms. The predicted octanol–water partition coefficient (Wildman–Crippen LogP) is 2.45. The van der Waals surface area contributed by atoms with Gasteiger partial charge in [0.15, 0.2) is 5.78 Å². The van der Waals surface area contributed by atoms with E-state index in [0.717, 1.165) is 6.42 Å². The molecule has 1 aromatic carbocycles. The quantitative estimate of drug-likeness (QED) is 0.838. The Balaban J connectivity index is 2.25. The number of carbonyl (C=O) groups excluding carboxylic acids is 1. The minimum atomic E-state index is -3.56. The zero-order chi connectivity index (χ0) is 14.8. The first kappa shape index (κ1) is 15.2. The number of hydrogen-bond donors (Lipinski definition) is 0. The van der Waals surface area contributed by atoms with Crippen molar-refractivity contribution in [3.8, 4) is 0 Å². The number of benzene rings is 1. The van der Waals surface area contributed by atoms with Crippen LogP contribution in [-0.4, -0.2) is 31.1 Å². The van der Waals surface area contributed by atoms with Gasteiger partial charge in [-0.05, 0) is 30.9 Å². The minimum absolute atomic E-state index is 0.0389. The molecule has 1 aromatic rings. The lowest BCUT2D eigenvalue weighted by molar-refractivity contribution is -0.122. The average molecular weight is 295 g/mol. The van der Waals surface area contributed by atoms with Crippen molar-refractivity contribution in [2.45, 2.75) is 44.0 Å². The van der Waals surface area contributed by atoms with Crippen LogP contribution in [0.25, 0.3) is 0 Å². The van der Waals surface area contributed by atoms with E-state index in [2.05, 4.69) is 0 Å². The highest BCUT2D eigenvalue weighted by molar-refractivity contribution is 7.89. The molecule has 0 amide bonds. The third-order valence-electron chi connectivity index (χ3n) is 3.53. The maximum Gasteiger partial charge on any atom is 0.243 e. The topological polar surface area (TPSA) is 54.5 Å². The van der Waals surface area contributed by atoms with Gasteiger partial charge in [0.25, 0.3) is 0 Å². The van der Waals surface area contributed by atoms with Crippen LogP contribution in [0.15, 0.2) is 35.2 Å². The van der Waals surface area contributed by atoms with E-state index < -0.39 is 16.1 Å². The van der Waals surface area contributed by atoms with Crippen LogP contribution < -0.4 is 0 Å². The molecule has 0 radical (unpaired) electrons. The molecule has 0 aromatic heterocycles. The van der Waals surface area contributed by atoms with Crippen LogP contribution in [0, 0.1) is 5.92 Å². The summed E-state index contributed by atoms with van der Waals surface area (Å²) in [7, 11) is -3.56. The monoisotopic (exact) mass is 295 g/mol. The largest absolute Gasteiger partial charge is 0.298 e. The molecule has 0 aliphatic carbocycles. The highest BCUT2D eigenvalue weighted by Gasteiger charge is 2.38. The van der Waals surface area contributed by atoms with Crippen LogP contribution in [0.5, 0.6) is 0 Å². The first-order chi connectivity index (χ1) is 9.43. The molecule has 1 heterocycles. The Kier molecular flexibility index (Phi) is 4.60. The molecule has 1 saturated heterocycles. The predicted molar refractivity (Wildman–Crippen MR) is 77.8 cm³/mol. The first-order valence-corrected chi connectivity index (χ1v) is 8.46. The lowest BCUT2D eigenvalue weighted by Crippen LogP contribution is -2.40. The van der Waals surface area contributed by atoms with Gasteiger partial charge in [-0.15, -0.1) is 0 Å². The van der Waals surface area contributed by atoms with Crippen LogP contribution in [-0.2, 0) is 14.8 Å². The van der Waals surface area contributed by atoms with Crippen molar-refractivity contribution >= 4 is 15.8 Å². The molecule has 0 spiro atoms. The van der Waals surface area contributed by atoms with E-state index in [1.54, 1.807) is 30.3 Å². The van der Waals surface area contributed by atoms with Crippen LogP contribution in [0.2, 0.25) is 0 Å². The number of Topliss-reactive ketones (excluding diaryl/α,β-unsaturated/α-hetero) is 1. The lowest BCUT2D eigenvalue weighted by atomic mass is 10.0. The molecular weight excluding hydrogens is 274 g/mol. The standard InChI is InChI=1S/C15H21NO3S/c1-12(2)11-15(17)14-9-6-10-16(14)20(18,19)13-7-4-3-5-8-13/h3-5,7-8,12,14H,6,9-11H2,1-2H3. The third-order valence-corrected chi connectivity index (χ3v) is 5.46. The highest BCUT2D eigenvalue weighted by Crippen LogP contribution is 2.27. The fourth-order valence-corrected chi connectivity index (χ4v) is 4.32. The van der Waals surface area contributed by atoms with Gasteiger partial charge < -0.3 is 0 Å². The number of ketones is 1. The van der Waals surface area contributed by atoms with Crippen LogP contribution in [0.4, 0.5) is 0 Å². The minimum Gasteiger partial charge on any atom is -0.298 e. The summed E-state index contributed by atoms with van der Waals surface area (Å²) >= 11 is 0. The van der Waals surface area contributed by atoms with Crippen molar-refractivity contribution in [2.24, 2.45) is 5.92 Å². The number of sulfonamides is 1. The fraction of sp³-hybridized carbons (Fsp3) is 0.533. The van der Waals surface area contributed by atoms with E-state index in [9.17, 15) is 13.2 Å². The van der Waals surface area contributed by atoms with Gasteiger partial charge in [0.1, 0.15) is 0 Å². The summed E-state index contributed by atoms with van der Waals surface area (Å²) in [5.74, 6) is 0.293. The van der Waals surface area contributed by atoms with Crippen molar-refractivity contribution in [3.63, 3.8) is 0 Å². The van der Waals surface area contributed by atoms with Gasteiger partial charge in [-0.1, -0.05) is 32.0 Å². The zero-order valence-electron chi connectivity index (χ0n) is 12.0. The SMILES string of the molecule is CC(C)CC(=O)C1CCCN1S(=O)(=O)c1ccccc1. The van der Waals surface area contributed by atoms with Crippen LogP contribution in [0.3, 0.4) is 0 Å². The normalized spacial score (nSPS) is 20.4. The van der Waals surface area contributed by atoms with Gasteiger partial charge in [-0.2, -0.15) is 4.31 Å². The molecule has 5 heteroatoms. The summed E-state index contributed by atoms with van der Waals surface area (Å²) in [6.07, 6.45) is 1.82. The van der Waals surface area contributed by atoms with Crippen molar-refractivity contribution in [1.29, 1.82) is 0 Å². The van der Waals surface area contributed by atoms with Crippen LogP contribution >= 0.6 is 0 Å². The summed E-state index contributed by atoms with van der Waals surface area (Å²) < 4.78 is 26.6. The molecule has 1 aliphatic rings. The van der Waals surface area contributed by atoms with E-state index >= 15 is 0 Å². The Morgan fingerprint density at radius 3 is 2.55 bits per heavy atom. The molecule has 20 heavy (non-hydrogen) atoms. The maximum absolute atomic E-state index is 12.6. The number of nitrogens with zero attached hydrogens (tertiary/aromatic N) is 1. The maximum atomic E-state index is 12.6. The van der Waals surface area contributed by atoms with Crippen LogP contribution in [0.1, 0.15) is 33.1 Å². The molecule has 4 nitrogen and oxygen atoms in total. The number of carbonyl (C=O) groups is 1. The van der Waals surface area contributed by atoms with Gasteiger partial charge >= 0.3 is 0 Å². The molecule has 110 valence electrons. The van der Waals surface area contributed by atoms with Gasteiger partial charge in [-0.3, -0.25) is 4.79 Å². The molecule has 0 saturated carbocycles. The lowest BCUT2D eigenvalue weighted by Gasteiger charge is -2.23. The van der Waals surface area contributed by atoms with E-state index in [1.807, 2.05) is 13.8 Å². The third kappa shape index (κ3) is 3.10. The zero-order valence-corrected chi connectivity index (χ0v) is 12.8. The second-order valence-corrected chi connectivity index (χ2v) is 7.54.